The van der Waals surface area contributed by atoms with Crippen molar-refractivity contribution in [2.45, 2.75) is 18.2 Å². The van der Waals surface area contributed by atoms with Crippen LogP contribution in [0.4, 0.5) is 5.13 Å². The number of ether oxygens (including phenoxy) is 1. The Balaban J connectivity index is 1.53. The second-order valence-electron chi connectivity index (χ2n) is 5.18. The molecule has 4 nitrogen and oxygen atoms in total. The van der Waals surface area contributed by atoms with Crippen molar-refractivity contribution in [3.05, 3.63) is 47.5 Å². The summed E-state index contributed by atoms with van der Waals surface area (Å²) in [4.78, 5) is 17.6. The molecule has 0 spiro atoms. The maximum atomic E-state index is 12.1. The Hall–Kier alpha value is -1.76. The van der Waals surface area contributed by atoms with Crippen LogP contribution in [0.15, 0.2) is 47.4 Å². The van der Waals surface area contributed by atoms with Gasteiger partial charge in [-0.15, -0.1) is 11.8 Å². The topological polar surface area (TPSA) is 51.2 Å². The lowest BCUT2D eigenvalue weighted by Crippen LogP contribution is -2.11. The minimum atomic E-state index is -0.0365. The summed E-state index contributed by atoms with van der Waals surface area (Å²) in [5, 5.41) is 4.20. The monoisotopic (exact) mass is 392 g/mol. The number of carbonyl (C=O) groups is 1. The van der Waals surface area contributed by atoms with Crippen LogP contribution in [0.3, 0.4) is 0 Å². The van der Waals surface area contributed by atoms with Crippen molar-refractivity contribution >= 4 is 56.0 Å². The molecular formula is C18H17ClN2O2S2. The zero-order chi connectivity index (χ0) is 17.6. The Morgan fingerprint density at radius 2 is 2.08 bits per heavy atom. The number of aromatic nitrogens is 1. The van der Waals surface area contributed by atoms with Gasteiger partial charge in [-0.3, -0.25) is 4.79 Å². The number of thioether (sulfide) groups is 1. The normalized spacial score (nSPS) is 10.8. The van der Waals surface area contributed by atoms with E-state index < -0.39 is 0 Å². The SMILES string of the molecule is CCOc1ccc2nc(NC(=O)CCSc3ccc(Cl)cc3)sc2c1. The number of anilines is 1. The number of nitrogens with zero attached hydrogens (tertiary/aromatic N) is 1. The first kappa shape index (κ1) is 18.0. The summed E-state index contributed by atoms with van der Waals surface area (Å²) in [6.07, 6.45) is 0.424. The van der Waals surface area contributed by atoms with Crippen LogP contribution in [0.2, 0.25) is 5.02 Å². The van der Waals surface area contributed by atoms with Gasteiger partial charge in [0.1, 0.15) is 5.75 Å². The van der Waals surface area contributed by atoms with Crippen LogP contribution in [0.5, 0.6) is 5.75 Å². The molecule has 0 aliphatic rings. The lowest BCUT2D eigenvalue weighted by molar-refractivity contribution is -0.115. The van der Waals surface area contributed by atoms with Gasteiger partial charge in [0.2, 0.25) is 5.91 Å². The average molecular weight is 393 g/mol. The smallest absolute Gasteiger partial charge is 0.226 e. The number of halogens is 1. The first-order valence-corrected chi connectivity index (χ1v) is 10.0. The molecule has 0 radical (unpaired) electrons. The molecule has 0 atom stereocenters. The predicted octanol–water partition coefficient (Wildman–Crippen LogP) is 5.47. The van der Waals surface area contributed by atoms with Crippen molar-refractivity contribution in [2.24, 2.45) is 0 Å². The van der Waals surface area contributed by atoms with E-state index >= 15 is 0 Å². The van der Waals surface area contributed by atoms with E-state index in [0.29, 0.717) is 28.9 Å². The van der Waals surface area contributed by atoms with E-state index in [1.165, 1.54) is 11.3 Å². The van der Waals surface area contributed by atoms with E-state index in [9.17, 15) is 4.79 Å². The molecule has 1 heterocycles. The highest BCUT2D eigenvalue weighted by Gasteiger charge is 2.09. The van der Waals surface area contributed by atoms with Gasteiger partial charge in [0.15, 0.2) is 5.13 Å². The molecule has 0 aliphatic heterocycles. The highest BCUT2D eigenvalue weighted by Crippen LogP contribution is 2.29. The zero-order valence-electron chi connectivity index (χ0n) is 13.6. The number of fused-ring (bicyclic) bond motifs is 1. The molecule has 130 valence electrons. The van der Waals surface area contributed by atoms with E-state index in [2.05, 4.69) is 10.3 Å². The summed E-state index contributed by atoms with van der Waals surface area (Å²) >= 11 is 8.94. The molecule has 1 N–H and O–H groups in total. The van der Waals surface area contributed by atoms with E-state index in [0.717, 1.165) is 20.9 Å². The maximum Gasteiger partial charge on any atom is 0.226 e. The lowest BCUT2D eigenvalue weighted by Gasteiger charge is -2.02. The van der Waals surface area contributed by atoms with Crippen LogP contribution in [0.25, 0.3) is 10.2 Å². The van der Waals surface area contributed by atoms with Crippen LogP contribution in [-0.2, 0) is 4.79 Å². The third kappa shape index (κ3) is 5.11. The molecule has 3 aromatic rings. The van der Waals surface area contributed by atoms with Gasteiger partial charge < -0.3 is 10.1 Å². The number of benzene rings is 2. The fourth-order valence-electron chi connectivity index (χ4n) is 2.19. The highest BCUT2D eigenvalue weighted by molar-refractivity contribution is 7.99. The Morgan fingerprint density at radius 1 is 1.28 bits per heavy atom. The standard InChI is InChI=1S/C18H17ClN2O2S2/c1-2-23-13-5-8-15-16(11-13)25-18(20-15)21-17(22)9-10-24-14-6-3-12(19)4-7-14/h3-8,11H,2,9-10H2,1H3,(H,20,21,22). The molecular weight excluding hydrogens is 376 g/mol. The van der Waals surface area contributed by atoms with E-state index in [1.807, 2.05) is 49.4 Å². The molecule has 0 saturated heterocycles. The molecule has 0 saturated carbocycles. The fourth-order valence-corrected chi connectivity index (χ4v) is 4.08. The van der Waals surface area contributed by atoms with Crippen LogP contribution in [-0.4, -0.2) is 23.3 Å². The first-order valence-electron chi connectivity index (χ1n) is 7.85. The van der Waals surface area contributed by atoms with Crippen LogP contribution >= 0.6 is 34.7 Å². The zero-order valence-corrected chi connectivity index (χ0v) is 16.0. The maximum absolute atomic E-state index is 12.1. The van der Waals surface area contributed by atoms with E-state index in [1.54, 1.807) is 11.8 Å². The Kier molecular flexibility index (Phi) is 6.18. The second-order valence-corrected chi connectivity index (χ2v) is 7.82. The summed E-state index contributed by atoms with van der Waals surface area (Å²) in [5.41, 5.74) is 0.860. The summed E-state index contributed by atoms with van der Waals surface area (Å²) in [5.74, 6) is 1.48. The summed E-state index contributed by atoms with van der Waals surface area (Å²) < 4.78 is 6.48. The molecule has 3 rings (SSSR count). The van der Waals surface area contributed by atoms with Gasteiger partial charge in [0, 0.05) is 22.1 Å². The average Bonchev–Trinajstić information content (AvgIpc) is 2.98. The minimum absolute atomic E-state index is 0.0365. The number of hydrogen-bond acceptors (Lipinski definition) is 5. The summed E-state index contributed by atoms with van der Waals surface area (Å²) in [7, 11) is 0. The molecule has 2 aromatic carbocycles. The van der Waals surface area contributed by atoms with E-state index in [-0.39, 0.29) is 5.91 Å². The number of rotatable bonds is 7. The molecule has 0 unspecified atom stereocenters. The van der Waals surface area contributed by atoms with Gasteiger partial charge in [-0.05, 0) is 49.4 Å². The Morgan fingerprint density at radius 3 is 2.84 bits per heavy atom. The van der Waals surface area contributed by atoms with E-state index in [4.69, 9.17) is 16.3 Å². The van der Waals surface area contributed by atoms with Crippen LogP contribution in [0.1, 0.15) is 13.3 Å². The third-order valence-electron chi connectivity index (χ3n) is 3.33. The van der Waals surface area contributed by atoms with Gasteiger partial charge in [0.05, 0.1) is 16.8 Å². The van der Waals surface area contributed by atoms with Crippen molar-refractivity contribution in [1.29, 1.82) is 0 Å². The Labute approximate surface area is 159 Å². The van der Waals surface area contributed by atoms with Gasteiger partial charge in [-0.1, -0.05) is 22.9 Å². The number of carbonyl (C=O) groups excluding carboxylic acids is 1. The summed E-state index contributed by atoms with van der Waals surface area (Å²) in [6.45, 7) is 2.57. The minimum Gasteiger partial charge on any atom is -0.494 e. The number of hydrogen-bond donors (Lipinski definition) is 1. The number of amides is 1. The predicted molar refractivity (Wildman–Crippen MR) is 106 cm³/mol. The quantitative estimate of drug-likeness (QED) is 0.541. The van der Waals surface area contributed by atoms with Gasteiger partial charge in [-0.2, -0.15) is 0 Å². The number of nitrogens with one attached hydrogen (secondary N) is 1. The third-order valence-corrected chi connectivity index (χ3v) is 5.53. The number of thiazole rings is 1. The van der Waals surface area contributed by atoms with Gasteiger partial charge in [-0.25, -0.2) is 4.98 Å². The van der Waals surface area contributed by atoms with Crippen molar-refractivity contribution < 1.29 is 9.53 Å². The molecule has 1 amide bonds. The lowest BCUT2D eigenvalue weighted by atomic mass is 10.3. The van der Waals surface area contributed by atoms with Crippen molar-refractivity contribution in [3.63, 3.8) is 0 Å². The highest BCUT2D eigenvalue weighted by atomic mass is 35.5. The van der Waals surface area contributed by atoms with Crippen molar-refractivity contribution in [3.8, 4) is 5.75 Å². The molecule has 0 fully saturated rings. The largest absolute Gasteiger partial charge is 0.494 e. The fraction of sp³-hybridized carbons (Fsp3) is 0.222. The molecule has 25 heavy (non-hydrogen) atoms. The summed E-state index contributed by atoms with van der Waals surface area (Å²) in [6, 6.07) is 13.3. The van der Waals surface area contributed by atoms with Crippen LogP contribution < -0.4 is 10.1 Å². The molecule has 1 aromatic heterocycles. The molecule has 7 heteroatoms. The van der Waals surface area contributed by atoms with Crippen molar-refractivity contribution in [1.82, 2.24) is 4.98 Å². The van der Waals surface area contributed by atoms with Crippen molar-refractivity contribution in [2.75, 3.05) is 17.7 Å². The molecule has 0 bridgehead atoms. The first-order chi connectivity index (χ1) is 12.1. The Bertz CT molecular complexity index is 865. The van der Waals surface area contributed by atoms with Crippen LogP contribution in [0, 0.1) is 0 Å². The second kappa shape index (κ2) is 8.56. The molecule has 0 aliphatic carbocycles. The van der Waals surface area contributed by atoms with Gasteiger partial charge >= 0.3 is 0 Å². The van der Waals surface area contributed by atoms with Gasteiger partial charge in [0.25, 0.3) is 0 Å².